The maximum absolute atomic E-state index is 11.5. The van der Waals surface area contributed by atoms with Crippen LogP contribution in [0.25, 0.3) is 0 Å². The minimum absolute atomic E-state index is 0.0338. The van der Waals surface area contributed by atoms with Gasteiger partial charge in [-0.15, -0.1) is 11.6 Å². The first-order chi connectivity index (χ1) is 7.41. The molecular formula is C10H10Cl2O4. The number of rotatable bonds is 2. The second-order valence-electron chi connectivity index (χ2n) is 3.21. The molecule has 4 nitrogen and oxygen atoms in total. The van der Waals surface area contributed by atoms with Crippen molar-refractivity contribution in [3.05, 3.63) is 22.8 Å². The fraction of sp³-hybridized carbons (Fsp3) is 0.400. The van der Waals surface area contributed by atoms with E-state index in [2.05, 4.69) is 4.74 Å². The molecule has 2 unspecified atom stereocenters. The van der Waals surface area contributed by atoms with E-state index in [1.165, 1.54) is 12.2 Å². The molecule has 0 aromatic rings. The number of aliphatic hydroxyl groups is 1. The Bertz CT molecular complexity index is 400. The van der Waals surface area contributed by atoms with E-state index in [4.69, 9.17) is 23.2 Å². The molecule has 0 saturated carbocycles. The van der Waals surface area contributed by atoms with Gasteiger partial charge in [0.15, 0.2) is 5.78 Å². The second kappa shape index (κ2) is 4.57. The molecular weight excluding hydrogens is 255 g/mol. The van der Waals surface area contributed by atoms with Gasteiger partial charge < -0.3 is 9.84 Å². The van der Waals surface area contributed by atoms with Gasteiger partial charge in [-0.05, 0) is 6.92 Å². The van der Waals surface area contributed by atoms with E-state index >= 15 is 0 Å². The van der Waals surface area contributed by atoms with E-state index in [1.54, 1.807) is 6.92 Å². The van der Waals surface area contributed by atoms with Gasteiger partial charge in [0, 0.05) is 5.57 Å². The lowest BCUT2D eigenvalue weighted by Crippen LogP contribution is -2.48. The van der Waals surface area contributed by atoms with E-state index in [1.807, 2.05) is 0 Å². The number of alkyl halides is 1. The molecule has 0 spiro atoms. The molecule has 0 heterocycles. The van der Waals surface area contributed by atoms with Crippen molar-refractivity contribution in [1.82, 2.24) is 0 Å². The summed E-state index contributed by atoms with van der Waals surface area (Å²) < 4.78 is 4.43. The fourth-order valence-electron chi connectivity index (χ4n) is 1.47. The number of carbonyl (C=O) groups excluding carboxylic acids is 2. The summed E-state index contributed by atoms with van der Waals surface area (Å²) in [6.45, 7) is 1.65. The van der Waals surface area contributed by atoms with Crippen LogP contribution in [-0.4, -0.2) is 34.9 Å². The standard InChI is InChI=1S/C10H10Cl2O4/c1-3-4-5-6(11)7(13)8(12)10(5,15)9(14)16-2/h3-4,8,15H,1-2H3/b4-3-. The highest BCUT2D eigenvalue weighted by Crippen LogP contribution is 2.40. The van der Waals surface area contributed by atoms with Crippen LogP contribution in [-0.2, 0) is 14.3 Å². The van der Waals surface area contributed by atoms with Crippen molar-refractivity contribution in [2.45, 2.75) is 17.9 Å². The van der Waals surface area contributed by atoms with Crippen molar-refractivity contribution in [2.24, 2.45) is 0 Å². The smallest absolute Gasteiger partial charge is 0.344 e. The number of ether oxygens (including phenoxy) is 1. The molecule has 0 radical (unpaired) electrons. The van der Waals surface area contributed by atoms with Gasteiger partial charge in [-0.2, -0.15) is 0 Å². The Morgan fingerprint density at radius 1 is 1.62 bits per heavy atom. The highest BCUT2D eigenvalue weighted by molar-refractivity contribution is 6.52. The largest absolute Gasteiger partial charge is 0.467 e. The summed E-state index contributed by atoms with van der Waals surface area (Å²) in [7, 11) is 1.09. The first-order valence-corrected chi connectivity index (χ1v) is 5.24. The summed E-state index contributed by atoms with van der Waals surface area (Å²) in [6.07, 6.45) is 2.90. The van der Waals surface area contributed by atoms with E-state index in [0.29, 0.717) is 0 Å². The minimum Gasteiger partial charge on any atom is -0.467 e. The molecule has 0 aromatic carbocycles. The minimum atomic E-state index is -2.21. The van der Waals surface area contributed by atoms with E-state index in [0.717, 1.165) is 7.11 Å². The Kier molecular flexibility index (Phi) is 3.78. The molecule has 2 atom stereocenters. The van der Waals surface area contributed by atoms with E-state index < -0.39 is 22.7 Å². The second-order valence-corrected chi connectivity index (χ2v) is 4.03. The van der Waals surface area contributed by atoms with Gasteiger partial charge in [-0.25, -0.2) is 4.79 Å². The van der Waals surface area contributed by atoms with Crippen LogP contribution >= 0.6 is 23.2 Å². The molecule has 0 aromatic heterocycles. The van der Waals surface area contributed by atoms with Crippen LogP contribution in [0.3, 0.4) is 0 Å². The molecule has 1 rings (SSSR count). The average Bonchev–Trinajstić information content (AvgIpc) is 2.44. The molecule has 1 aliphatic carbocycles. The van der Waals surface area contributed by atoms with Gasteiger partial charge in [-0.1, -0.05) is 23.8 Å². The zero-order chi connectivity index (χ0) is 12.5. The van der Waals surface area contributed by atoms with Crippen molar-refractivity contribution in [3.63, 3.8) is 0 Å². The number of hydrogen-bond acceptors (Lipinski definition) is 4. The number of hydrogen-bond donors (Lipinski definition) is 1. The molecule has 0 amide bonds. The molecule has 0 saturated heterocycles. The quantitative estimate of drug-likeness (QED) is 0.601. The summed E-state index contributed by atoms with van der Waals surface area (Å²) in [5.41, 5.74) is -2.25. The maximum atomic E-state index is 11.5. The van der Waals surface area contributed by atoms with Crippen LogP contribution in [0.15, 0.2) is 22.8 Å². The highest BCUT2D eigenvalue weighted by Gasteiger charge is 2.57. The number of ketones is 1. The Morgan fingerprint density at radius 2 is 2.19 bits per heavy atom. The number of allylic oxidation sites excluding steroid dienone is 2. The average molecular weight is 265 g/mol. The fourth-order valence-corrected chi connectivity index (χ4v) is 2.16. The summed E-state index contributed by atoms with van der Waals surface area (Å²) >= 11 is 11.4. The zero-order valence-corrected chi connectivity index (χ0v) is 10.2. The first-order valence-electron chi connectivity index (χ1n) is 4.43. The Hall–Kier alpha value is -0.840. The lowest BCUT2D eigenvalue weighted by Gasteiger charge is -2.23. The molecule has 1 N–H and O–H groups in total. The van der Waals surface area contributed by atoms with Crippen LogP contribution < -0.4 is 0 Å². The molecule has 6 heteroatoms. The third-order valence-corrected chi connectivity index (χ3v) is 3.19. The Balaban J connectivity index is 3.37. The summed E-state index contributed by atoms with van der Waals surface area (Å²) in [6, 6.07) is 0. The van der Waals surface area contributed by atoms with Crippen molar-refractivity contribution < 1.29 is 19.4 Å². The number of carbonyl (C=O) groups is 2. The van der Waals surface area contributed by atoms with Crippen molar-refractivity contribution in [3.8, 4) is 0 Å². The van der Waals surface area contributed by atoms with Gasteiger partial charge in [0.1, 0.15) is 5.38 Å². The number of esters is 1. The summed E-state index contributed by atoms with van der Waals surface area (Å²) in [4.78, 5) is 23.0. The van der Waals surface area contributed by atoms with Crippen molar-refractivity contribution in [1.29, 1.82) is 0 Å². The highest BCUT2D eigenvalue weighted by atomic mass is 35.5. The van der Waals surface area contributed by atoms with Gasteiger partial charge in [0.25, 0.3) is 0 Å². The van der Waals surface area contributed by atoms with Crippen LogP contribution in [0.5, 0.6) is 0 Å². The normalized spacial score (nSPS) is 30.3. The number of methoxy groups -OCH3 is 1. The molecule has 88 valence electrons. The van der Waals surface area contributed by atoms with Crippen LogP contribution in [0, 0.1) is 0 Å². The molecule has 0 aliphatic heterocycles. The summed E-state index contributed by atoms with van der Waals surface area (Å²) in [5.74, 6) is -1.70. The van der Waals surface area contributed by atoms with Gasteiger partial charge >= 0.3 is 5.97 Å². The van der Waals surface area contributed by atoms with E-state index in [9.17, 15) is 14.7 Å². The van der Waals surface area contributed by atoms with E-state index in [-0.39, 0.29) is 10.6 Å². The first kappa shape index (κ1) is 13.2. The molecule has 0 bridgehead atoms. The van der Waals surface area contributed by atoms with Crippen LogP contribution in [0.2, 0.25) is 0 Å². The number of halogens is 2. The SMILES string of the molecule is C/C=C\C1=C(Cl)C(=O)C(Cl)C1(O)C(=O)OC. The van der Waals surface area contributed by atoms with Crippen molar-refractivity contribution >= 4 is 35.0 Å². The zero-order valence-electron chi connectivity index (χ0n) is 8.66. The maximum Gasteiger partial charge on any atom is 0.344 e. The monoisotopic (exact) mass is 264 g/mol. The lowest BCUT2D eigenvalue weighted by molar-refractivity contribution is -0.158. The van der Waals surface area contributed by atoms with Crippen LogP contribution in [0.4, 0.5) is 0 Å². The topological polar surface area (TPSA) is 63.6 Å². The van der Waals surface area contributed by atoms with Crippen molar-refractivity contribution in [2.75, 3.05) is 7.11 Å². The van der Waals surface area contributed by atoms with Crippen LogP contribution in [0.1, 0.15) is 6.92 Å². The Morgan fingerprint density at radius 3 is 2.62 bits per heavy atom. The molecule has 0 fully saturated rings. The third kappa shape index (κ3) is 1.67. The van der Waals surface area contributed by atoms with Gasteiger partial charge in [0.05, 0.1) is 12.1 Å². The third-order valence-electron chi connectivity index (χ3n) is 2.29. The van der Waals surface area contributed by atoms with Gasteiger partial charge in [0.2, 0.25) is 5.60 Å². The predicted molar refractivity (Wildman–Crippen MR) is 59.3 cm³/mol. The Labute approximate surface area is 102 Å². The summed E-state index contributed by atoms with van der Waals surface area (Å²) in [5, 5.41) is 8.44. The number of Topliss-reactive ketones (excluding diaryl/α,β-unsaturated/α-hetero) is 1. The lowest BCUT2D eigenvalue weighted by atomic mass is 9.95. The molecule has 16 heavy (non-hydrogen) atoms. The molecule has 1 aliphatic rings. The van der Waals surface area contributed by atoms with Gasteiger partial charge in [-0.3, -0.25) is 4.79 Å². The predicted octanol–water partition coefficient (Wildman–Crippen LogP) is 1.15.